The Balaban J connectivity index is 1.29. The Hall–Kier alpha value is -3.58. The van der Waals surface area contributed by atoms with E-state index in [4.69, 9.17) is 11.6 Å². The summed E-state index contributed by atoms with van der Waals surface area (Å²) in [5, 5.41) is 5.58. The van der Waals surface area contributed by atoms with E-state index in [1.54, 1.807) is 6.20 Å². The third-order valence-electron chi connectivity index (χ3n) is 6.48. The van der Waals surface area contributed by atoms with E-state index < -0.39 is 0 Å². The van der Waals surface area contributed by atoms with Crippen LogP contribution in [0.2, 0.25) is 5.02 Å². The summed E-state index contributed by atoms with van der Waals surface area (Å²) in [6.07, 6.45) is 2.00. The van der Waals surface area contributed by atoms with Crippen LogP contribution in [0.5, 0.6) is 0 Å². The van der Waals surface area contributed by atoms with E-state index in [0.29, 0.717) is 44.0 Å². The first kappa shape index (κ1) is 22.2. The second-order valence-electron chi connectivity index (χ2n) is 8.72. The molecule has 0 aliphatic carbocycles. The lowest BCUT2D eigenvalue weighted by atomic mass is 10.0. The number of carbonyl (C=O) groups is 1. The molecule has 0 spiro atoms. The van der Waals surface area contributed by atoms with Gasteiger partial charge in [0.25, 0.3) is 5.56 Å². The number of hydrogen-bond donors (Lipinski definition) is 1. The van der Waals surface area contributed by atoms with Crippen molar-refractivity contribution >= 4 is 34.1 Å². The van der Waals surface area contributed by atoms with Crippen molar-refractivity contribution in [2.24, 2.45) is 0 Å². The molecule has 8 heteroatoms. The molecule has 0 bridgehead atoms. The van der Waals surface area contributed by atoms with Crippen LogP contribution in [0.4, 0.5) is 5.69 Å². The Morgan fingerprint density at radius 1 is 1.06 bits per heavy atom. The number of H-pyrrole nitrogens is 1. The van der Waals surface area contributed by atoms with Crippen LogP contribution in [0.25, 0.3) is 16.6 Å². The first-order chi connectivity index (χ1) is 16.4. The lowest BCUT2D eigenvalue weighted by molar-refractivity contribution is -0.130. The molecule has 0 saturated carbocycles. The maximum atomic E-state index is 13.1. The molecule has 34 heavy (non-hydrogen) atoms. The van der Waals surface area contributed by atoms with Crippen molar-refractivity contribution in [3.8, 4) is 5.69 Å². The lowest BCUT2D eigenvalue weighted by Crippen LogP contribution is -2.49. The van der Waals surface area contributed by atoms with Gasteiger partial charge in [0.1, 0.15) is 5.02 Å². The third-order valence-corrected chi connectivity index (χ3v) is 6.83. The van der Waals surface area contributed by atoms with Gasteiger partial charge in [-0.2, -0.15) is 9.78 Å². The average molecular weight is 476 g/mol. The molecular formula is C26H26ClN5O2. The fourth-order valence-corrected chi connectivity index (χ4v) is 4.83. The summed E-state index contributed by atoms with van der Waals surface area (Å²) in [4.78, 5) is 33.2. The number of aryl methyl sites for hydroxylation is 2. The molecule has 0 radical (unpaired) electrons. The van der Waals surface area contributed by atoms with Gasteiger partial charge < -0.3 is 14.8 Å². The molecule has 4 aromatic rings. The molecule has 3 heterocycles. The second kappa shape index (κ2) is 8.99. The van der Waals surface area contributed by atoms with Crippen molar-refractivity contribution in [1.82, 2.24) is 19.7 Å². The summed E-state index contributed by atoms with van der Waals surface area (Å²) in [7, 11) is 0. The van der Waals surface area contributed by atoms with Gasteiger partial charge >= 0.3 is 0 Å². The molecule has 174 valence electrons. The molecular weight excluding hydrogens is 450 g/mol. The number of halogens is 1. The molecule has 0 unspecified atom stereocenters. The minimum Gasteiger partial charge on any atom is -0.365 e. The molecule has 2 aromatic heterocycles. The maximum absolute atomic E-state index is 13.1. The Kier molecular flexibility index (Phi) is 5.87. The fraction of sp³-hybridized carbons (Fsp3) is 0.269. The molecule has 1 aliphatic heterocycles. The van der Waals surface area contributed by atoms with E-state index >= 15 is 0 Å². The van der Waals surface area contributed by atoms with Crippen molar-refractivity contribution in [2.45, 2.75) is 20.3 Å². The van der Waals surface area contributed by atoms with Crippen molar-refractivity contribution in [1.29, 1.82) is 0 Å². The van der Waals surface area contributed by atoms with Crippen LogP contribution in [0.3, 0.4) is 0 Å². The number of aromatic nitrogens is 3. The molecule has 1 saturated heterocycles. The topological polar surface area (TPSA) is 74.2 Å². The zero-order chi connectivity index (χ0) is 23.8. The second-order valence-corrected chi connectivity index (χ2v) is 9.10. The number of hydrogen-bond acceptors (Lipinski definition) is 4. The van der Waals surface area contributed by atoms with Crippen molar-refractivity contribution in [2.75, 3.05) is 31.1 Å². The van der Waals surface area contributed by atoms with Gasteiger partial charge in [-0.15, -0.1) is 0 Å². The monoisotopic (exact) mass is 475 g/mol. The number of nitrogens with zero attached hydrogens (tertiary/aromatic N) is 4. The Morgan fingerprint density at radius 3 is 2.53 bits per heavy atom. The van der Waals surface area contributed by atoms with Gasteiger partial charge in [-0.3, -0.25) is 9.59 Å². The van der Waals surface area contributed by atoms with E-state index in [2.05, 4.69) is 35.2 Å². The molecule has 0 atom stereocenters. The van der Waals surface area contributed by atoms with E-state index in [1.807, 2.05) is 47.1 Å². The van der Waals surface area contributed by atoms with Crippen LogP contribution in [-0.2, 0) is 11.2 Å². The number of rotatable bonds is 4. The smallest absolute Gasteiger partial charge is 0.292 e. The maximum Gasteiger partial charge on any atom is 0.292 e. The zero-order valence-corrected chi connectivity index (χ0v) is 20.0. The quantitative estimate of drug-likeness (QED) is 0.486. The molecule has 1 aliphatic rings. The summed E-state index contributed by atoms with van der Waals surface area (Å²) in [6, 6.07) is 15.5. The Bertz CT molecular complexity index is 1420. The van der Waals surface area contributed by atoms with Crippen molar-refractivity contribution < 1.29 is 4.79 Å². The number of amides is 1. The van der Waals surface area contributed by atoms with Crippen LogP contribution >= 0.6 is 11.6 Å². The van der Waals surface area contributed by atoms with Gasteiger partial charge in [0.2, 0.25) is 5.91 Å². The van der Waals surface area contributed by atoms with E-state index in [-0.39, 0.29) is 16.5 Å². The number of para-hydroxylation sites is 1. The average Bonchev–Trinajstić information content (AvgIpc) is 3.15. The summed E-state index contributed by atoms with van der Waals surface area (Å²) in [5.41, 5.74) is 5.24. The number of nitrogens with one attached hydrogen (secondary N) is 1. The number of anilines is 1. The summed E-state index contributed by atoms with van der Waals surface area (Å²) < 4.78 is 1.30. The summed E-state index contributed by atoms with van der Waals surface area (Å²) >= 11 is 6.46. The zero-order valence-electron chi connectivity index (χ0n) is 19.2. The van der Waals surface area contributed by atoms with E-state index in [1.165, 1.54) is 10.2 Å². The minimum absolute atomic E-state index is 0.105. The highest BCUT2D eigenvalue weighted by molar-refractivity contribution is 6.33. The summed E-state index contributed by atoms with van der Waals surface area (Å²) in [5.74, 6) is 0.105. The largest absolute Gasteiger partial charge is 0.365 e. The number of piperazine rings is 1. The van der Waals surface area contributed by atoms with E-state index in [9.17, 15) is 9.59 Å². The van der Waals surface area contributed by atoms with Gasteiger partial charge in [0.05, 0.1) is 24.0 Å². The predicted molar refractivity (Wildman–Crippen MR) is 135 cm³/mol. The standard InChI is InChI=1S/C26H26ClN5O2/c1-17-8-9-22-21(14-17)20(18(2)29-22)15-24(33)31-12-10-30(11-13-31)23-16-28-32(26(34)25(23)27)19-6-4-3-5-7-19/h3-9,14,16,29H,10-13,15H2,1-2H3. The van der Waals surface area contributed by atoms with Crippen LogP contribution in [0.1, 0.15) is 16.8 Å². The minimum atomic E-state index is -0.353. The van der Waals surface area contributed by atoms with Gasteiger partial charge in [0.15, 0.2) is 0 Å². The lowest BCUT2D eigenvalue weighted by Gasteiger charge is -2.36. The van der Waals surface area contributed by atoms with Crippen LogP contribution in [0, 0.1) is 13.8 Å². The molecule has 5 rings (SSSR count). The first-order valence-corrected chi connectivity index (χ1v) is 11.7. The SMILES string of the molecule is Cc1ccc2[nH]c(C)c(CC(=O)N3CCN(c4cnn(-c5ccccc5)c(=O)c4Cl)CC3)c2c1. The first-order valence-electron chi connectivity index (χ1n) is 11.4. The third kappa shape index (κ3) is 4.07. The van der Waals surface area contributed by atoms with Crippen molar-refractivity contribution in [3.63, 3.8) is 0 Å². The van der Waals surface area contributed by atoms with Crippen molar-refractivity contribution in [3.05, 3.63) is 86.9 Å². The molecule has 1 N–H and O–H groups in total. The number of fused-ring (bicyclic) bond motifs is 1. The van der Waals surface area contributed by atoms with Gasteiger partial charge in [-0.1, -0.05) is 41.4 Å². The fourth-order valence-electron chi connectivity index (χ4n) is 4.58. The molecule has 2 aromatic carbocycles. The Morgan fingerprint density at radius 2 is 1.79 bits per heavy atom. The number of aromatic amines is 1. The molecule has 7 nitrogen and oxygen atoms in total. The highest BCUT2D eigenvalue weighted by Gasteiger charge is 2.25. The normalized spacial score (nSPS) is 14.1. The number of carbonyl (C=O) groups excluding carboxylic acids is 1. The van der Waals surface area contributed by atoms with Gasteiger partial charge in [-0.05, 0) is 43.7 Å². The molecule has 1 amide bonds. The predicted octanol–water partition coefficient (Wildman–Crippen LogP) is 3.88. The number of benzene rings is 2. The van der Waals surface area contributed by atoms with Crippen LogP contribution in [-0.4, -0.2) is 51.8 Å². The van der Waals surface area contributed by atoms with Crippen LogP contribution < -0.4 is 10.5 Å². The van der Waals surface area contributed by atoms with E-state index in [0.717, 1.165) is 22.2 Å². The highest BCUT2D eigenvalue weighted by atomic mass is 35.5. The summed E-state index contributed by atoms with van der Waals surface area (Å²) in [6.45, 7) is 6.39. The van der Waals surface area contributed by atoms with Crippen LogP contribution in [0.15, 0.2) is 59.5 Å². The Labute approximate surface area is 202 Å². The molecule has 1 fully saturated rings. The highest BCUT2D eigenvalue weighted by Crippen LogP contribution is 2.26. The van der Waals surface area contributed by atoms with Gasteiger partial charge in [-0.25, -0.2) is 0 Å². The van der Waals surface area contributed by atoms with Gasteiger partial charge in [0, 0.05) is 42.8 Å².